The minimum absolute atomic E-state index is 0.0477. The first-order chi connectivity index (χ1) is 14.7. The highest BCUT2D eigenvalue weighted by atomic mass is 35.5. The van der Waals surface area contributed by atoms with Crippen molar-refractivity contribution in [2.24, 2.45) is 0 Å². The van der Waals surface area contributed by atoms with E-state index in [1.54, 1.807) is 0 Å². The molecule has 4 nitrogen and oxygen atoms in total. The summed E-state index contributed by atoms with van der Waals surface area (Å²) in [4.78, 5) is 2.27. The van der Waals surface area contributed by atoms with Crippen LogP contribution in [0, 0.1) is 5.82 Å². The van der Waals surface area contributed by atoms with Gasteiger partial charge >= 0.3 is 0 Å². The molecule has 2 atom stereocenters. The standard InChI is InChI=1S/C23H21Cl2FN2O2S/c1-15-22(27-31(29,30)21-12-10-20(26)11-13-21)14-28(15)23(16-2-6-18(24)7-3-16)17-4-8-19(25)9-5-17/h2-13,15,22-23,27H,14H2,1H3/t15-,22?/m1/s1. The van der Waals surface area contributed by atoms with Crippen LogP contribution in [0.1, 0.15) is 24.1 Å². The Kier molecular flexibility index (Phi) is 6.37. The van der Waals surface area contributed by atoms with Gasteiger partial charge in [0.05, 0.1) is 17.0 Å². The summed E-state index contributed by atoms with van der Waals surface area (Å²) >= 11 is 12.1. The Labute approximate surface area is 191 Å². The molecule has 1 N–H and O–H groups in total. The average Bonchev–Trinajstić information content (AvgIpc) is 2.75. The predicted octanol–water partition coefficient (Wildman–Crippen LogP) is 5.27. The van der Waals surface area contributed by atoms with Crippen LogP contribution < -0.4 is 4.72 Å². The fourth-order valence-electron chi connectivity index (χ4n) is 3.86. The van der Waals surface area contributed by atoms with Gasteiger partial charge in [0.2, 0.25) is 10.0 Å². The Morgan fingerprint density at radius 2 is 1.39 bits per heavy atom. The fraction of sp³-hybridized carbons (Fsp3) is 0.217. The average molecular weight is 479 g/mol. The van der Waals surface area contributed by atoms with Gasteiger partial charge in [-0.05, 0) is 66.6 Å². The van der Waals surface area contributed by atoms with E-state index in [-0.39, 0.29) is 23.0 Å². The van der Waals surface area contributed by atoms with Crippen molar-refractivity contribution in [1.29, 1.82) is 0 Å². The Balaban J connectivity index is 1.56. The molecule has 0 amide bonds. The zero-order chi connectivity index (χ0) is 22.2. The van der Waals surface area contributed by atoms with Crippen molar-refractivity contribution in [2.45, 2.75) is 29.9 Å². The highest BCUT2D eigenvalue weighted by Crippen LogP contribution is 2.37. The summed E-state index contributed by atoms with van der Waals surface area (Å²) in [6.45, 7) is 2.51. The van der Waals surface area contributed by atoms with E-state index in [4.69, 9.17) is 23.2 Å². The number of nitrogens with one attached hydrogen (secondary N) is 1. The summed E-state index contributed by atoms with van der Waals surface area (Å²) in [6.07, 6.45) is 0. The van der Waals surface area contributed by atoms with E-state index in [2.05, 4.69) is 9.62 Å². The summed E-state index contributed by atoms with van der Waals surface area (Å²) in [5, 5.41) is 1.31. The highest BCUT2D eigenvalue weighted by Gasteiger charge is 2.42. The van der Waals surface area contributed by atoms with Gasteiger partial charge in [0.1, 0.15) is 5.82 Å². The van der Waals surface area contributed by atoms with Gasteiger partial charge in [-0.15, -0.1) is 0 Å². The molecule has 31 heavy (non-hydrogen) atoms. The van der Waals surface area contributed by atoms with E-state index in [0.29, 0.717) is 16.6 Å². The third-order valence-corrected chi connectivity index (χ3v) is 7.66. The van der Waals surface area contributed by atoms with E-state index in [9.17, 15) is 12.8 Å². The van der Waals surface area contributed by atoms with Crippen LogP contribution in [0.2, 0.25) is 10.0 Å². The second kappa shape index (κ2) is 8.88. The van der Waals surface area contributed by atoms with E-state index >= 15 is 0 Å². The van der Waals surface area contributed by atoms with Crippen LogP contribution in [0.25, 0.3) is 0 Å². The molecule has 1 unspecified atom stereocenters. The Morgan fingerprint density at radius 3 is 1.84 bits per heavy atom. The van der Waals surface area contributed by atoms with Gasteiger partial charge in [0.15, 0.2) is 0 Å². The highest BCUT2D eigenvalue weighted by molar-refractivity contribution is 7.89. The van der Waals surface area contributed by atoms with Gasteiger partial charge in [-0.25, -0.2) is 17.5 Å². The smallest absolute Gasteiger partial charge is 0.240 e. The van der Waals surface area contributed by atoms with Crippen LogP contribution in [0.3, 0.4) is 0 Å². The molecule has 0 saturated carbocycles. The molecule has 1 saturated heterocycles. The van der Waals surface area contributed by atoms with Gasteiger partial charge < -0.3 is 0 Å². The fourth-order valence-corrected chi connectivity index (χ4v) is 5.41. The zero-order valence-corrected chi connectivity index (χ0v) is 19.0. The molecule has 1 aliphatic heterocycles. The summed E-state index contributed by atoms with van der Waals surface area (Å²) in [7, 11) is -3.74. The van der Waals surface area contributed by atoms with Crippen molar-refractivity contribution < 1.29 is 12.8 Å². The van der Waals surface area contributed by atoms with Gasteiger partial charge in [-0.1, -0.05) is 47.5 Å². The number of benzene rings is 3. The first-order valence-corrected chi connectivity index (χ1v) is 12.0. The second-order valence-corrected chi connectivity index (χ2v) is 10.2. The number of sulfonamides is 1. The SMILES string of the molecule is C[C@@H]1C(NS(=O)(=O)c2ccc(F)cc2)CN1C(c1ccc(Cl)cc1)c1ccc(Cl)cc1. The number of hydrogen-bond donors (Lipinski definition) is 1. The summed E-state index contributed by atoms with van der Waals surface area (Å²) in [5.41, 5.74) is 2.11. The molecule has 4 rings (SSSR count). The first-order valence-electron chi connectivity index (χ1n) is 9.79. The molecule has 3 aromatic carbocycles. The summed E-state index contributed by atoms with van der Waals surface area (Å²) in [6, 6.07) is 19.7. The van der Waals surface area contributed by atoms with Crippen LogP contribution in [-0.2, 0) is 10.0 Å². The van der Waals surface area contributed by atoms with Gasteiger partial charge in [0, 0.05) is 22.6 Å². The lowest BCUT2D eigenvalue weighted by Crippen LogP contribution is -2.66. The topological polar surface area (TPSA) is 49.4 Å². The van der Waals surface area contributed by atoms with Crippen LogP contribution in [0.5, 0.6) is 0 Å². The van der Waals surface area contributed by atoms with E-state index in [1.165, 1.54) is 12.1 Å². The largest absolute Gasteiger partial charge is 0.286 e. The monoisotopic (exact) mass is 478 g/mol. The lowest BCUT2D eigenvalue weighted by atomic mass is 9.89. The Bertz CT molecular complexity index is 1110. The third kappa shape index (κ3) is 4.78. The molecular weight excluding hydrogens is 458 g/mol. The molecule has 0 aliphatic carbocycles. The van der Waals surface area contributed by atoms with Crippen molar-refractivity contribution in [3.8, 4) is 0 Å². The van der Waals surface area contributed by atoms with Crippen LogP contribution in [0.4, 0.5) is 4.39 Å². The number of rotatable bonds is 6. The molecule has 162 valence electrons. The maximum absolute atomic E-state index is 13.2. The Morgan fingerprint density at radius 1 is 0.903 bits per heavy atom. The number of likely N-dealkylation sites (tertiary alicyclic amines) is 1. The molecule has 1 aliphatic rings. The van der Waals surface area contributed by atoms with Crippen molar-refractivity contribution >= 4 is 33.2 Å². The summed E-state index contributed by atoms with van der Waals surface area (Å²) < 4.78 is 41.3. The normalized spacial score (nSPS) is 19.4. The molecule has 0 aromatic heterocycles. The molecule has 3 aromatic rings. The molecule has 1 heterocycles. The first kappa shape index (κ1) is 22.2. The third-order valence-electron chi connectivity index (χ3n) is 5.65. The van der Waals surface area contributed by atoms with Crippen LogP contribution in [-0.4, -0.2) is 31.9 Å². The molecule has 0 spiro atoms. The summed E-state index contributed by atoms with van der Waals surface area (Å²) in [5.74, 6) is -0.476. The van der Waals surface area contributed by atoms with Crippen molar-refractivity contribution in [1.82, 2.24) is 9.62 Å². The van der Waals surface area contributed by atoms with E-state index < -0.39 is 15.8 Å². The number of halogens is 3. The minimum atomic E-state index is -3.74. The van der Waals surface area contributed by atoms with Crippen LogP contribution in [0.15, 0.2) is 77.7 Å². The van der Waals surface area contributed by atoms with Crippen molar-refractivity contribution in [3.63, 3.8) is 0 Å². The number of hydrogen-bond acceptors (Lipinski definition) is 3. The molecule has 1 fully saturated rings. The van der Waals surface area contributed by atoms with Crippen LogP contribution >= 0.6 is 23.2 Å². The van der Waals surface area contributed by atoms with E-state index in [0.717, 1.165) is 23.3 Å². The van der Waals surface area contributed by atoms with Gasteiger partial charge in [-0.2, -0.15) is 0 Å². The quantitative estimate of drug-likeness (QED) is 0.524. The molecule has 8 heteroatoms. The van der Waals surface area contributed by atoms with Gasteiger partial charge in [-0.3, -0.25) is 4.90 Å². The lowest BCUT2D eigenvalue weighted by Gasteiger charge is -2.50. The predicted molar refractivity (Wildman–Crippen MR) is 121 cm³/mol. The molecular formula is C23H21Cl2FN2O2S. The Hall–Kier alpha value is -1.96. The maximum Gasteiger partial charge on any atom is 0.240 e. The van der Waals surface area contributed by atoms with Gasteiger partial charge in [0.25, 0.3) is 0 Å². The van der Waals surface area contributed by atoms with Crippen molar-refractivity contribution in [2.75, 3.05) is 6.54 Å². The maximum atomic E-state index is 13.2. The van der Waals surface area contributed by atoms with Crippen molar-refractivity contribution in [3.05, 3.63) is 99.8 Å². The minimum Gasteiger partial charge on any atom is -0.286 e. The second-order valence-electron chi connectivity index (χ2n) is 7.62. The molecule has 0 radical (unpaired) electrons. The zero-order valence-electron chi connectivity index (χ0n) is 16.7. The number of nitrogens with zero attached hydrogens (tertiary/aromatic N) is 1. The molecule has 0 bridgehead atoms. The van der Waals surface area contributed by atoms with E-state index in [1.807, 2.05) is 55.5 Å². The lowest BCUT2D eigenvalue weighted by molar-refractivity contribution is 0.0370.